The van der Waals surface area contributed by atoms with E-state index in [1.807, 2.05) is 13.8 Å². The molecule has 1 nitrogen and oxygen atoms in total. The quantitative estimate of drug-likeness (QED) is 0.815. The van der Waals surface area contributed by atoms with Crippen molar-refractivity contribution in [1.82, 2.24) is 0 Å². The van der Waals surface area contributed by atoms with Crippen LogP contribution in [0.4, 0.5) is 4.39 Å². The first-order chi connectivity index (χ1) is 6.93. The van der Waals surface area contributed by atoms with E-state index in [9.17, 15) is 9.18 Å². The van der Waals surface area contributed by atoms with E-state index in [4.69, 9.17) is 0 Å². The van der Waals surface area contributed by atoms with Gasteiger partial charge in [-0.05, 0) is 23.8 Å². The molecule has 0 N–H and O–H groups in total. The maximum Gasteiger partial charge on any atom is 0.142 e. The van der Waals surface area contributed by atoms with Crippen LogP contribution in [0.1, 0.15) is 32.3 Å². The summed E-state index contributed by atoms with van der Waals surface area (Å²) in [7, 11) is 0. The molecule has 0 aliphatic carbocycles. The van der Waals surface area contributed by atoms with Crippen LogP contribution in [0.15, 0.2) is 22.7 Å². The molecule has 1 rings (SSSR count). The van der Waals surface area contributed by atoms with Crippen LogP contribution in [-0.2, 0) is 4.79 Å². The predicted molar refractivity (Wildman–Crippen MR) is 62.4 cm³/mol. The van der Waals surface area contributed by atoms with Crippen LogP contribution in [0.25, 0.3) is 0 Å². The van der Waals surface area contributed by atoms with Crippen molar-refractivity contribution in [3.63, 3.8) is 0 Å². The summed E-state index contributed by atoms with van der Waals surface area (Å²) in [5.41, 5.74) is 0.461. The van der Waals surface area contributed by atoms with Gasteiger partial charge in [-0.25, -0.2) is 4.39 Å². The third kappa shape index (κ3) is 2.88. The molecule has 1 aromatic carbocycles. The molecule has 1 atom stereocenters. The second-order valence-electron chi connectivity index (χ2n) is 3.94. The average Bonchev–Trinajstić information content (AvgIpc) is 2.19. The van der Waals surface area contributed by atoms with Crippen molar-refractivity contribution in [1.29, 1.82) is 0 Å². The normalized spacial score (nSPS) is 12.9. The molecule has 0 heterocycles. The molecular formula is C12H14BrFO. The highest BCUT2D eigenvalue weighted by Crippen LogP contribution is 2.25. The molecule has 3 heteroatoms. The lowest BCUT2D eigenvalue weighted by molar-refractivity contribution is -0.123. The van der Waals surface area contributed by atoms with Gasteiger partial charge in [0.25, 0.3) is 0 Å². The fraction of sp³-hybridized carbons (Fsp3) is 0.417. The number of hydrogen-bond acceptors (Lipinski definition) is 1. The minimum atomic E-state index is -0.387. The van der Waals surface area contributed by atoms with Crippen LogP contribution >= 0.6 is 15.9 Å². The van der Waals surface area contributed by atoms with Gasteiger partial charge in [0.15, 0.2) is 0 Å². The SMILES string of the molecule is CC(C)C(=O)C(C)c1cc(Br)ccc1F. The van der Waals surface area contributed by atoms with Crippen LogP contribution < -0.4 is 0 Å². The molecule has 82 valence electrons. The Morgan fingerprint density at radius 3 is 2.47 bits per heavy atom. The highest BCUT2D eigenvalue weighted by molar-refractivity contribution is 9.10. The van der Waals surface area contributed by atoms with Crippen molar-refractivity contribution >= 4 is 21.7 Å². The minimum Gasteiger partial charge on any atom is -0.299 e. The lowest BCUT2D eigenvalue weighted by Crippen LogP contribution is -2.16. The monoisotopic (exact) mass is 272 g/mol. The van der Waals surface area contributed by atoms with Gasteiger partial charge in [-0.1, -0.05) is 36.7 Å². The van der Waals surface area contributed by atoms with Crippen molar-refractivity contribution in [2.45, 2.75) is 26.7 Å². The summed E-state index contributed by atoms with van der Waals surface area (Å²) in [6, 6.07) is 4.68. The summed E-state index contributed by atoms with van der Waals surface area (Å²) < 4.78 is 14.3. The Morgan fingerprint density at radius 1 is 1.33 bits per heavy atom. The molecule has 0 bridgehead atoms. The van der Waals surface area contributed by atoms with Gasteiger partial charge in [0.1, 0.15) is 11.6 Å². The highest BCUT2D eigenvalue weighted by atomic mass is 79.9. The van der Waals surface area contributed by atoms with Gasteiger partial charge in [-0.3, -0.25) is 4.79 Å². The number of hydrogen-bond donors (Lipinski definition) is 0. The summed E-state index contributed by atoms with van der Waals surface area (Å²) in [4.78, 5) is 11.7. The Morgan fingerprint density at radius 2 is 1.93 bits per heavy atom. The Hall–Kier alpha value is -0.700. The molecule has 0 saturated heterocycles. The number of halogens is 2. The molecule has 0 aliphatic heterocycles. The zero-order valence-corrected chi connectivity index (χ0v) is 10.6. The maximum absolute atomic E-state index is 13.5. The lowest BCUT2D eigenvalue weighted by Gasteiger charge is -2.14. The molecule has 0 aromatic heterocycles. The summed E-state index contributed by atoms with van der Waals surface area (Å²) in [5.74, 6) is -0.715. The maximum atomic E-state index is 13.5. The van der Waals surface area contributed by atoms with Gasteiger partial charge in [-0.15, -0.1) is 0 Å². The fourth-order valence-corrected chi connectivity index (χ4v) is 1.88. The topological polar surface area (TPSA) is 17.1 Å². The van der Waals surface area contributed by atoms with Gasteiger partial charge < -0.3 is 0 Å². The smallest absolute Gasteiger partial charge is 0.142 e. The molecule has 0 amide bonds. The van der Waals surface area contributed by atoms with E-state index in [-0.39, 0.29) is 23.4 Å². The van der Waals surface area contributed by atoms with E-state index >= 15 is 0 Å². The predicted octanol–water partition coefficient (Wildman–Crippen LogP) is 3.92. The Balaban J connectivity index is 3.05. The van der Waals surface area contributed by atoms with Crippen molar-refractivity contribution < 1.29 is 9.18 Å². The first-order valence-corrected chi connectivity index (χ1v) is 5.71. The van der Waals surface area contributed by atoms with Crippen LogP contribution in [0.5, 0.6) is 0 Å². The summed E-state index contributed by atoms with van der Waals surface area (Å²) in [6.07, 6.45) is 0. The molecule has 0 spiro atoms. The third-order valence-electron chi connectivity index (χ3n) is 2.42. The largest absolute Gasteiger partial charge is 0.299 e. The Bertz CT molecular complexity index is 374. The van der Waals surface area contributed by atoms with Crippen LogP contribution in [0.2, 0.25) is 0 Å². The van der Waals surface area contributed by atoms with E-state index in [2.05, 4.69) is 15.9 Å². The van der Waals surface area contributed by atoms with E-state index in [0.29, 0.717) is 5.56 Å². The van der Waals surface area contributed by atoms with Crippen molar-refractivity contribution in [2.24, 2.45) is 5.92 Å². The number of benzene rings is 1. The molecular weight excluding hydrogens is 259 g/mol. The van der Waals surface area contributed by atoms with Gasteiger partial charge in [0.05, 0.1) is 0 Å². The zero-order chi connectivity index (χ0) is 11.6. The molecule has 0 radical (unpaired) electrons. The van der Waals surface area contributed by atoms with Crippen LogP contribution in [0, 0.1) is 11.7 Å². The first-order valence-electron chi connectivity index (χ1n) is 4.92. The third-order valence-corrected chi connectivity index (χ3v) is 2.91. The van der Waals surface area contributed by atoms with Gasteiger partial charge in [0.2, 0.25) is 0 Å². The number of Topliss-reactive ketones (excluding diaryl/α,β-unsaturated/α-hetero) is 1. The molecule has 1 unspecified atom stereocenters. The molecule has 0 saturated carbocycles. The average molecular weight is 273 g/mol. The number of carbonyl (C=O) groups excluding carboxylic acids is 1. The number of carbonyl (C=O) groups is 1. The number of ketones is 1. The van der Waals surface area contributed by atoms with Gasteiger partial charge in [0, 0.05) is 16.3 Å². The van der Waals surface area contributed by atoms with Crippen LogP contribution in [0.3, 0.4) is 0 Å². The summed E-state index contributed by atoms with van der Waals surface area (Å²) in [5, 5.41) is 0. The van der Waals surface area contributed by atoms with Gasteiger partial charge >= 0.3 is 0 Å². The molecule has 1 aromatic rings. The van der Waals surface area contributed by atoms with Crippen LogP contribution in [-0.4, -0.2) is 5.78 Å². The lowest BCUT2D eigenvalue weighted by atomic mass is 9.90. The summed E-state index contributed by atoms with van der Waals surface area (Å²) in [6.45, 7) is 5.40. The fourth-order valence-electron chi connectivity index (χ4n) is 1.50. The van der Waals surface area contributed by atoms with Crippen molar-refractivity contribution in [3.8, 4) is 0 Å². The standard InChI is InChI=1S/C12H14BrFO/c1-7(2)12(15)8(3)10-6-9(13)4-5-11(10)14/h4-8H,1-3H3. The Labute approximate surface area is 97.8 Å². The van der Waals surface area contributed by atoms with E-state index in [0.717, 1.165) is 4.47 Å². The first kappa shape index (κ1) is 12.4. The van der Waals surface area contributed by atoms with E-state index in [1.165, 1.54) is 6.07 Å². The second kappa shape index (κ2) is 4.88. The second-order valence-corrected chi connectivity index (χ2v) is 4.86. The molecule has 0 aliphatic rings. The van der Waals surface area contributed by atoms with Crippen molar-refractivity contribution in [2.75, 3.05) is 0 Å². The minimum absolute atomic E-state index is 0.0620. The van der Waals surface area contributed by atoms with E-state index < -0.39 is 0 Å². The van der Waals surface area contributed by atoms with E-state index in [1.54, 1.807) is 19.1 Å². The highest BCUT2D eigenvalue weighted by Gasteiger charge is 2.21. The van der Waals surface area contributed by atoms with Crippen molar-refractivity contribution in [3.05, 3.63) is 34.1 Å². The molecule has 0 fully saturated rings. The zero-order valence-electron chi connectivity index (χ0n) is 9.05. The van der Waals surface area contributed by atoms with Gasteiger partial charge in [-0.2, -0.15) is 0 Å². The Kier molecular flexibility index (Phi) is 4.03. The summed E-state index contributed by atoms with van der Waals surface area (Å²) >= 11 is 3.27. The molecule has 15 heavy (non-hydrogen) atoms. The number of rotatable bonds is 3.